The van der Waals surface area contributed by atoms with Crippen molar-refractivity contribution in [2.75, 3.05) is 0 Å². The van der Waals surface area contributed by atoms with E-state index in [2.05, 4.69) is 0 Å². The van der Waals surface area contributed by atoms with Crippen LogP contribution in [0.25, 0.3) is 0 Å². The Morgan fingerprint density at radius 3 is 1.25 bits per heavy atom. The average Bonchev–Trinajstić information content (AvgIpc) is 0.918. The molecular weight excluding hydrogens is 309 g/mol. The second kappa shape index (κ2) is 8.85. The van der Waals surface area contributed by atoms with Crippen molar-refractivity contribution in [2.24, 2.45) is 0 Å². The van der Waals surface area contributed by atoms with E-state index in [1.165, 1.54) is 0 Å². The fourth-order valence-corrected chi connectivity index (χ4v) is 0. The van der Waals surface area contributed by atoms with Gasteiger partial charge in [-0.05, 0) is 0 Å². The van der Waals surface area contributed by atoms with Crippen molar-refractivity contribution in [3.8, 4) is 0 Å². The van der Waals surface area contributed by atoms with E-state index in [0.717, 1.165) is 0 Å². The molecule has 0 bridgehead atoms. The van der Waals surface area contributed by atoms with Crippen molar-refractivity contribution in [2.45, 2.75) is 0 Å². The number of halogens is 2. The molecule has 0 aromatic heterocycles. The van der Waals surface area contributed by atoms with Gasteiger partial charge in [-0.3, -0.25) is 0 Å². The van der Waals surface area contributed by atoms with Crippen molar-refractivity contribution in [3.05, 3.63) is 0 Å². The molecule has 4 heavy (non-hydrogen) atoms. The van der Waals surface area contributed by atoms with E-state index in [4.69, 9.17) is 0 Å². The molecular formula is CuF2Pb. The Kier molecular flexibility index (Phi) is 19.9. The first kappa shape index (κ1) is 9.00. The third-order valence-electron chi connectivity index (χ3n) is 0. The zero-order valence-electron chi connectivity index (χ0n) is 1.56. The van der Waals surface area contributed by atoms with Crippen molar-refractivity contribution in [3.63, 3.8) is 0 Å². The Labute approximate surface area is 50.2 Å². The topological polar surface area (TPSA) is 0 Å². The Hall–Kier alpha value is 1.30. The summed E-state index contributed by atoms with van der Waals surface area (Å²) in [6.07, 6.45) is 0. The van der Waals surface area contributed by atoms with Crippen LogP contribution < -0.4 is 0 Å². The molecule has 0 aliphatic rings. The van der Waals surface area contributed by atoms with Gasteiger partial charge < -0.3 is 0 Å². The van der Waals surface area contributed by atoms with E-state index < -0.39 is 15.9 Å². The Morgan fingerprint density at radius 1 is 1.25 bits per heavy atom. The standard InChI is InChI=1S/Cu.2FH.Pb/h;2*1H;/q+2;;;/p-2. The molecule has 0 aliphatic heterocycles. The maximum atomic E-state index is 9.53. The van der Waals surface area contributed by atoms with Crippen LogP contribution in [0.2, 0.25) is 0 Å². The van der Waals surface area contributed by atoms with Crippen LogP contribution in [0.1, 0.15) is 0 Å². The molecule has 4 heteroatoms. The van der Waals surface area contributed by atoms with Gasteiger partial charge in [0.25, 0.3) is 0 Å². The number of hydrogen-bond acceptors (Lipinski definition) is 0. The molecule has 0 aliphatic carbocycles. The second-order valence-electron chi connectivity index (χ2n) is 0.0431. The van der Waals surface area contributed by atoms with Crippen LogP contribution >= 0.6 is 0 Å². The summed E-state index contributed by atoms with van der Waals surface area (Å²) in [5.41, 5.74) is 0. The van der Waals surface area contributed by atoms with Crippen molar-refractivity contribution in [1.29, 1.82) is 0 Å². The summed E-state index contributed by atoms with van der Waals surface area (Å²) in [4.78, 5) is 0. The van der Waals surface area contributed by atoms with Crippen molar-refractivity contribution in [1.82, 2.24) is 0 Å². The molecule has 0 N–H and O–H groups in total. The number of rotatable bonds is 0. The molecule has 0 nitrogen and oxygen atoms in total. The quantitative estimate of drug-likeness (QED) is 0.570. The van der Waals surface area contributed by atoms with Crippen molar-refractivity contribution < 1.29 is 23.0 Å². The third-order valence-corrected chi connectivity index (χ3v) is 0. The second-order valence-corrected chi connectivity index (χ2v) is 0.178. The molecule has 0 unspecified atom stereocenters. The molecule has 0 aromatic carbocycles. The summed E-state index contributed by atoms with van der Waals surface area (Å²) in [5.74, 6) is 0. The van der Waals surface area contributed by atoms with E-state index in [1.54, 1.807) is 0 Å². The minimum absolute atomic E-state index is 0. The van der Waals surface area contributed by atoms with Gasteiger partial charge in [-0.15, -0.1) is 0 Å². The Morgan fingerprint density at radius 2 is 1.25 bits per heavy atom. The molecule has 0 atom stereocenters. The summed E-state index contributed by atoms with van der Waals surface area (Å²) in [6, 6.07) is 0. The largest absolute Gasteiger partial charge is 0 e. The summed E-state index contributed by atoms with van der Waals surface area (Å²) >= 11 is -1.19. The summed E-state index contributed by atoms with van der Waals surface area (Å²) in [7, 11) is 0. The van der Waals surface area contributed by atoms with Gasteiger partial charge in [0.15, 0.2) is 0 Å². The zero-order valence-corrected chi connectivity index (χ0v) is 6.39. The molecule has 0 aromatic rings. The van der Waals surface area contributed by atoms with Gasteiger partial charge in [0.05, 0.1) is 0 Å². The summed E-state index contributed by atoms with van der Waals surface area (Å²) < 4.78 is 19.1. The molecule has 0 spiro atoms. The van der Waals surface area contributed by atoms with Crippen LogP contribution in [-0.2, 0) is 15.9 Å². The SMILES string of the molecule is [F][Cu][F].[Pb]. The van der Waals surface area contributed by atoms with Gasteiger partial charge in [0.1, 0.15) is 0 Å². The first-order chi connectivity index (χ1) is 1.41. The van der Waals surface area contributed by atoms with E-state index in [1.807, 2.05) is 0 Å². The summed E-state index contributed by atoms with van der Waals surface area (Å²) in [5, 5.41) is 0. The maximum Gasteiger partial charge on any atom is 0 e. The summed E-state index contributed by atoms with van der Waals surface area (Å²) in [6.45, 7) is 0. The van der Waals surface area contributed by atoms with Gasteiger partial charge >= 0.3 is 23.0 Å². The van der Waals surface area contributed by atoms with Gasteiger partial charge in [-0.2, -0.15) is 0 Å². The molecule has 0 fully saturated rings. The van der Waals surface area contributed by atoms with E-state index in [9.17, 15) is 7.10 Å². The molecule has 0 saturated heterocycles. The monoisotopic (exact) mass is 309 g/mol. The Balaban J connectivity index is 0. The van der Waals surface area contributed by atoms with Crippen LogP contribution in [0.3, 0.4) is 0 Å². The Bertz CT molecular complexity index is 6.00. The van der Waals surface area contributed by atoms with Crippen molar-refractivity contribution >= 4 is 27.3 Å². The predicted octanol–water partition coefficient (Wildman–Crippen LogP) is 0.457. The molecule has 4 radical (unpaired) electrons. The maximum absolute atomic E-state index is 9.53. The molecule has 0 heterocycles. The minimum Gasteiger partial charge on any atom is 0 e. The van der Waals surface area contributed by atoms with Crippen LogP contribution in [0.5, 0.6) is 0 Å². The van der Waals surface area contributed by atoms with Gasteiger partial charge in [-0.1, -0.05) is 0 Å². The smallest absolute Gasteiger partial charge is 0 e. The van der Waals surface area contributed by atoms with Crippen LogP contribution in [0.4, 0.5) is 7.10 Å². The first-order valence-corrected chi connectivity index (χ1v) is 0.940. The van der Waals surface area contributed by atoms with Crippen LogP contribution in [0.15, 0.2) is 0 Å². The fourth-order valence-electron chi connectivity index (χ4n) is 0. The molecule has 0 rings (SSSR count). The third kappa shape index (κ3) is 10.3. The van der Waals surface area contributed by atoms with E-state index in [0.29, 0.717) is 0 Å². The molecule has 0 amide bonds. The molecule has 29 valence electrons. The van der Waals surface area contributed by atoms with E-state index >= 15 is 0 Å². The average molecular weight is 309 g/mol. The van der Waals surface area contributed by atoms with Gasteiger partial charge in [0, 0.05) is 27.3 Å². The van der Waals surface area contributed by atoms with Crippen LogP contribution in [-0.4, -0.2) is 27.3 Å². The van der Waals surface area contributed by atoms with E-state index in [-0.39, 0.29) is 27.3 Å². The first-order valence-electron chi connectivity index (χ1n) is 0.228. The fraction of sp³-hybridized carbons (Fsp3) is 0. The number of hydrogen-bond donors (Lipinski definition) is 0. The zero-order chi connectivity index (χ0) is 2.71. The van der Waals surface area contributed by atoms with Gasteiger partial charge in [-0.25, -0.2) is 0 Å². The predicted molar refractivity (Wildman–Crippen MR) is 7.97 cm³/mol. The minimum atomic E-state index is -1.19. The molecule has 0 saturated carbocycles. The van der Waals surface area contributed by atoms with Gasteiger partial charge in [0.2, 0.25) is 0 Å². The normalized spacial score (nSPS) is 5.50. The van der Waals surface area contributed by atoms with Crippen LogP contribution in [0, 0.1) is 0 Å².